The van der Waals surface area contributed by atoms with E-state index in [2.05, 4.69) is 184 Å². The molecule has 1 N–H and O–H groups in total. The van der Waals surface area contributed by atoms with Gasteiger partial charge in [0.25, 0.3) is 0 Å². The topological polar surface area (TPSA) is 108 Å². The van der Waals surface area contributed by atoms with Crippen LogP contribution >= 0.6 is 7.82 Å². The van der Waals surface area contributed by atoms with E-state index in [0.717, 1.165) is 128 Å². The van der Waals surface area contributed by atoms with Crippen molar-refractivity contribution in [2.45, 2.75) is 277 Å². The van der Waals surface area contributed by atoms with Crippen molar-refractivity contribution < 1.29 is 42.1 Å². The monoisotopic (exact) mass is 1270 g/mol. The molecule has 0 aliphatic rings. The molecule has 0 radical (unpaired) electrons. The van der Waals surface area contributed by atoms with Crippen LogP contribution in [0.5, 0.6) is 0 Å². The predicted molar refractivity (Wildman–Crippen MR) is 389 cm³/mol. The number of unbranched alkanes of at least 4 members (excludes halogenated alkanes) is 22. The molecule has 90 heavy (non-hydrogen) atoms. The summed E-state index contributed by atoms with van der Waals surface area (Å²) in [5.41, 5.74) is 0. The van der Waals surface area contributed by atoms with Crippen LogP contribution in [0.15, 0.2) is 170 Å². The minimum atomic E-state index is -4.41. The highest BCUT2D eigenvalue weighted by Gasteiger charge is 2.27. The molecular weight excluding hydrogens is 1130 g/mol. The van der Waals surface area contributed by atoms with Crippen LogP contribution in [0.4, 0.5) is 0 Å². The maximum atomic E-state index is 12.9. The van der Waals surface area contributed by atoms with Crippen molar-refractivity contribution in [3.8, 4) is 0 Å². The number of esters is 2. The number of carbonyl (C=O) groups excluding carboxylic acids is 2. The van der Waals surface area contributed by atoms with E-state index in [4.69, 9.17) is 18.5 Å². The largest absolute Gasteiger partial charge is 0.472 e. The van der Waals surface area contributed by atoms with Crippen LogP contribution < -0.4 is 0 Å². The van der Waals surface area contributed by atoms with Gasteiger partial charge in [-0.3, -0.25) is 18.6 Å². The molecule has 0 aromatic heterocycles. The van der Waals surface area contributed by atoms with Gasteiger partial charge in [0.2, 0.25) is 0 Å². The first-order chi connectivity index (χ1) is 44.0. The summed E-state index contributed by atoms with van der Waals surface area (Å²) in [6, 6.07) is 0. The van der Waals surface area contributed by atoms with Crippen molar-refractivity contribution in [1.82, 2.24) is 0 Å². The first-order valence-corrected chi connectivity index (χ1v) is 37.4. The van der Waals surface area contributed by atoms with Crippen LogP contribution in [0.3, 0.4) is 0 Å². The number of likely N-dealkylation sites (N-methyl/N-ethyl adjacent to an activating group) is 1. The first-order valence-electron chi connectivity index (χ1n) is 35.9. The fourth-order valence-corrected chi connectivity index (χ4v) is 10.1. The number of nitrogens with zero attached hydrogens (tertiary/aromatic N) is 1. The number of carbonyl (C=O) groups is 2. The van der Waals surface area contributed by atoms with Gasteiger partial charge in [-0.25, -0.2) is 4.57 Å². The van der Waals surface area contributed by atoms with E-state index in [9.17, 15) is 19.0 Å². The van der Waals surface area contributed by atoms with E-state index >= 15 is 0 Å². The van der Waals surface area contributed by atoms with Gasteiger partial charge < -0.3 is 18.9 Å². The molecule has 0 aromatic rings. The third-order valence-corrected chi connectivity index (χ3v) is 15.7. The van der Waals surface area contributed by atoms with Crippen LogP contribution in [0, 0.1) is 0 Å². The highest BCUT2D eigenvalue weighted by atomic mass is 31.2. The Bertz CT molecular complexity index is 2130. The summed E-state index contributed by atoms with van der Waals surface area (Å²) in [5, 5.41) is 0. The van der Waals surface area contributed by atoms with Gasteiger partial charge in [0.1, 0.15) is 19.8 Å². The molecule has 0 aromatic carbocycles. The molecule has 0 bridgehead atoms. The lowest BCUT2D eigenvalue weighted by Crippen LogP contribution is -2.37. The second-order valence-electron chi connectivity index (χ2n) is 24.5. The highest BCUT2D eigenvalue weighted by Crippen LogP contribution is 2.43. The number of allylic oxidation sites excluding steroid dienone is 28. The predicted octanol–water partition coefficient (Wildman–Crippen LogP) is 23.7. The molecule has 0 spiro atoms. The van der Waals surface area contributed by atoms with Crippen molar-refractivity contribution in [3.63, 3.8) is 0 Å². The molecule has 9 nitrogen and oxygen atoms in total. The minimum Gasteiger partial charge on any atom is -0.462 e. The number of phosphoric ester groups is 1. The summed E-state index contributed by atoms with van der Waals surface area (Å²) >= 11 is 0. The second kappa shape index (κ2) is 68.7. The van der Waals surface area contributed by atoms with Gasteiger partial charge in [0.05, 0.1) is 27.7 Å². The van der Waals surface area contributed by atoms with Crippen molar-refractivity contribution in [2.24, 2.45) is 0 Å². The summed E-state index contributed by atoms with van der Waals surface area (Å²) in [5.74, 6) is -0.840. The molecule has 0 heterocycles. The Morgan fingerprint density at radius 2 is 0.600 bits per heavy atom. The number of quaternary nitrogens is 1. The summed E-state index contributed by atoms with van der Waals surface area (Å²) in [6.45, 7) is 4.16. The number of phosphoric acid groups is 1. The summed E-state index contributed by atoms with van der Waals surface area (Å²) < 4.78 is 34.7. The van der Waals surface area contributed by atoms with Crippen molar-refractivity contribution >= 4 is 19.8 Å². The summed E-state index contributed by atoms with van der Waals surface area (Å²) in [7, 11) is 1.44. The molecular formula is C80H133NO8P+. The van der Waals surface area contributed by atoms with Gasteiger partial charge in [-0.15, -0.1) is 0 Å². The average molecular weight is 1270 g/mol. The number of hydrogen-bond donors (Lipinski definition) is 1. The number of hydrogen-bond acceptors (Lipinski definition) is 7. The lowest BCUT2D eigenvalue weighted by atomic mass is 10.0. The molecule has 0 saturated carbocycles. The van der Waals surface area contributed by atoms with E-state index < -0.39 is 26.5 Å². The van der Waals surface area contributed by atoms with Gasteiger partial charge in [0.15, 0.2) is 6.10 Å². The van der Waals surface area contributed by atoms with Gasteiger partial charge in [-0.1, -0.05) is 300 Å². The van der Waals surface area contributed by atoms with E-state index in [1.807, 2.05) is 21.1 Å². The Hall–Kier alpha value is -4.63. The van der Waals surface area contributed by atoms with Crippen LogP contribution in [0.25, 0.3) is 0 Å². The quantitative estimate of drug-likeness (QED) is 0.0211. The molecule has 0 aliphatic carbocycles. The van der Waals surface area contributed by atoms with Gasteiger partial charge in [-0.05, 0) is 128 Å². The highest BCUT2D eigenvalue weighted by molar-refractivity contribution is 7.47. The molecule has 0 saturated heterocycles. The Kier molecular flexibility index (Phi) is 65.2. The van der Waals surface area contributed by atoms with Gasteiger partial charge >= 0.3 is 19.8 Å². The van der Waals surface area contributed by atoms with E-state index in [0.29, 0.717) is 17.4 Å². The standard InChI is InChI=1S/C80H132NO8P/c1-6-8-10-12-14-16-18-20-22-24-26-28-30-32-34-36-38-39-40-41-43-44-46-48-50-52-54-56-58-60-62-64-66-68-70-72-79(82)86-76-78(77-88-90(84,85)87-75-74-81(3,4)5)89-80(83)73-71-69-67-65-63-61-59-57-55-53-51-49-47-45-42-37-35-33-31-29-27-25-23-21-19-17-15-13-11-9-7-2/h8-11,14-17,20-23,26-29,32-35,42,45,49,51,55,57,61,63,78H,6-7,12-13,18-19,24-25,30-31,36-41,43-44,46-48,50,52-54,56,58-60,62,64-77H2,1-5H3/p+1/b10-8-,11-9-,16-14-,17-15-,22-20-,23-21-,28-26-,29-27-,34-32-,35-33-,45-42-,51-49-,57-55-,63-61-. The number of ether oxygens (including phenoxy) is 2. The molecule has 0 rings (SSSR count). The Balaban J connectivity index is 4.12. The summed E-state index contributed by atoms with van der Waals surface area (Å²) in [4.78, 5) is 35.9. The second-order valence-corrected chi connectivity index (χ2v) is 26.0. The van der Waals surface area contributed by atoms with Crippen molar-refractivity contribution in [3.05, 3.63) is 170 Å². The van der Waals surface area contributed by atoms with Crippen LogP contribution in [-0.4, -0.2) is 74.9 Å². The number of rotatable bonds is 64. The Morgan fingerprint density at radius 1 is 0.344 bits per heavy atom. The van der Waals surface area contributed by atoms with Gasteiger partial charge in [-0.2, -0.15) is 0 Å². The van der Waals surface area contributed by atoms with Crippen LogP contribution in [-0.2, 0) is 32.7 Å². The lowest BCUT2D eigenvalue weighted by molar-refractivity contribution is -0.870. The van der Waals surface area contributed by atoms with E-state index in [-0.39, 0.29) is 32.0 Å². The molecule has 0 aliphatic heterocycles. The SMILES string of the molecule is CC/C=C\C/C=C\C/C=C\C/C=C\C/C=C\C/C=C\C/C=C\C/C=C\C/C=C\CCCCCC(=O)OC(COC(=O)CCCCCCCCCCCCCCCCCCCCC/C=C\C/C=C\C/C=C\C/C=C\C/C=C\CC)COP(=O)(O)OCC[N+](C)(C)C. The van der Waals surface area contributed by atoms with E-state index in [1.54, 1.807) is 0 Å². The molecule has 0 fully saturated rings. The first kappa shape index (κ1) is 85.4. The molecule has 0 amide bonds. The molecule has 510 valence electrons. The maximum absolute atomic E-state index is 12.9. The van der Waals surface area contributed by atoms with Gasteiger partial charge in [0, 0.05) is 12.8 Å². The zero-order valence-electron chi connectivity index (χ0n) is 58.1. The molecule has 10 heteroatoms. The smallest absolute Gasteiger partial charge is 0.462 e. The fraction of sp³-hybridized carbons (Fsp3) is 0.625. The minimum absolute atomic E-state index is 0.0169. The van der Waals surface area contributed by atoms with Crippen molar-refractivity contribution in [1.29, 1.82) is 0 Å². The third kappa shape index (κ3) is 72.4. The fourth-order valence-electron chi connectivity index (χ4n) is 9.33. The normalized spacial score (nSPS) is 14.2. The zero-order valence-corrected chi connectivity index (χ0v) is 58.9. The van der Waals surface area contributed by atoms with Crippen LogP contribution in [0.1, 0.15) is 271 Å². The van der Waals surface area contributed by atoms with E-state index in [1.165, 1.54) is 109 Å². The summed E-state index contributed by atoms with van der Waals surface area (Å²) in [6.07, 6.45) is 105. The van der Waals surface area contributed by atoms with Crippen LogP contribution in [0.2, 0.25) is 0 Å². The third-order valence-electron chi connectivity index (χ3n) is 14.7. The zero-order chi connectivity index (χ0) is 65.5. The Morgan fingerprint density at radius 3 is 0.900 bits per heavy atom. The lowest BCUT2D eigenvalue weighted by Gasteiger charge is -2.24. The molecule has 2 atom stereocenters. The average Bonchev–Trinajstić information content (AvgIpc) is 3.58. The Labute approximate surface area is 553 Å². The maximum Gasteiger partial charge on any atom is 0.472 e. The molecule has 2 unspecified atom stereocenters. The van der Waals surface area contributed by atoms with Crippen molar-refractivity contribution in [2.75, 3.05) is 47.5 Å².